The summed E-state index contributed by atoms with van der Waals surface area (Å²) in [7, 11) is 0. The summed E-state index contributed by atoms with van der Waals surface area (Å²) in [6.07, 6.45) is 11.0. The van der Waals surface area contributed by atoms with Crippen LogP contribution in [0, 0.1) is 5.92 Å². The summed E-state index contributed by atoms with van der Waals surface area (Å²) in [6, 6.07) is 0.191. The predicted octanol–water partition coefficient (Wildman–Crippen LogP) is 3.32. The van der Waals surface area contributed by atoms with Crippen LogP contribution >= 0.6 is 0 Å². The summed E-state index contributed by atoms with van der Waals surface area (Å²) in [5.74, 6) is 1.10. The lowest BCUT2D eigenvalue weighted by Gasteiger charge is -2.26. The Bertz CT molecular complexity index is 319. The van der Waals surface area contributed by atoms with Gasteiger partial charge in [-0.1, -0.05) is 25.7 Å². The summed E-state index contributed by atoms with van der Waals surface area (Å²) in [5.41, 5.74) is 0. The van der Waals surface area contributed by atoms with Crippen molar-refractivity contribution in [1.82, 2.24) is 4.90 Å². The van der Waals surface area contributed by atoms with Crippen LogP contribution in [-0.4, -0.2) is 29.2 Å². The minimum absolute atomic E-state index is 0.191. The lowest BCUT2D eigenvalue weighted by Crippen LogP contribution is -2.37. The number of ketones is 1. The Morgan fingerprint density at radius 3 is 2.26 bits per heavy atom. The van der Waals surface area contributed by atoms with E-state index in [-0.39, 0.29) is 11.8 Å². The fourth-order valence-corrected chi connectivity index (χ4v) is 3.64. The number of carbonyl (C=O) groups excluding carboxylic acids is 2. The minimum Gasteiger partial charge on any atom is -0.339 e. The van der Waals surface area contributed by atoms with Crippen LogP contribution in [0.1, 0.15) is 71.1 Å². The third kappa shape index (κ3) is 4.32. The van der Waals surface area contributed by atoms with Crippen LogP contribution in [0.4, 0.5) is 0 Å². The molecular formula is C16H27NO2. The normalized spacial score (nSPS) is 25.3. The highest BCUT2D eigenvalue weighted by atomic mass is 16.2. The highest BCUT2D eigenvalue weighted by Crippen LogP contribution is 2.28. The Kier molecular flexibility index (Phi) is 5.41. The molecule has 19 heavy (non-hydrogen) atoms. The molecule has 1 amide bonds. The molecule has 1 heterocycles. The molecule has 0 radical (unpaired) electrons. The van der Waals surface area contributed by atoms with E-state index in [4.69, 9.17) is 0 Å². The van der Waals surface area contributed by atoms with E-state index >= 15 is 0 Å². The third-order valence-corrected chi connectivity index (χ3v) is 4.66. The van der Waals surface area contributed by atoms with Gasteiger partial charge in [-0.05, 0) is 38.5 Å². The molecule has 2 rings (SSSR count). The molecule has 0 aromatic carbocycles. The van der Waals surface area contributed by atoms with Crippen LogP contribution < -0.4 is 0 Å². The summed E-state index contributed by atoms with van der Waals surface area (Å²) >= 11 is 0. The van der Waals surface area contributed by atoms with Gasteiger partial charge in [0.2, 0.25) is 5.91 Å². The fraction of sp³-hybridized carbons (Fsp3) is 0.875. The Morgan fingerprint density at radius 2 is 1.63 bits per heavy atom. The molecule has 1 atom stereocenters. The van der Waals surface area contributed by atoms with Gasteiger partial charge in [0.1, 0.15) is 5.78 Å². The van der Waals surface area contributed by atoms with E-state index in [0.29, 0.717) is 24.7 Å². The molecule has 1 aliphatic heterocycles. The Hall–Kier alpha value is -0.860. The predicted molar refractivity (Wildman–Crippen MR) is 75.8 cm³/mol. The standard InChI is InChI=1S/C16H27NO2/c1-13(18)11-15-9-6-10-17(15)16(19)12-14-7-4-2-3-5-8-14/h14-15H,2-12H2,1H3. The Balaban J connectivity index is 1.85. The van der Waals surface area contributed by atoms with Crippen molar-refractivity contribution in [2.24, 2.45) is 5.92 Å². The van der Waals surface area contributed by atoms with E-state index in [1.54, 1.807) is 6.92 Å². The number of nitrogens with zero attached hydrogens (tertiary/aromatic N) is 1. The van der Waals surface area contributed by atoms with Gasteiger partial charge in [0.25, 0.3) is 0 Å². The molecule has 1 saturated heterocycles. The first-order chi connectivity index (χ1) is 9.16. The highest BCUT2D eigenvalue weighted by molar-refractivity contribution is 5.80. The van der Waals surface area contributed by atoms with Gasteiger partial charge >= 0.3 is 0 Å². The van der Waals surface area contributed by atoms with Crippen LogP contribution in [0.15, 0.2) is 0 Å². The molecule has 0 aromatic heterocycles. The number of hydrogen-bond donors (Lipinski definition) is 0. The van der Waals surface area contributed by atoms with Crippen LogP contribution in [-0.2, 0) is 9.59 Å². The molecule has 0 N–H and O–H groups in total. The number of Topliss-reactive ketones (excluding diaryl/α,β-unsaturated/α-hetero) is 1. The van der Waals surface area contributed by atoms with Crippen molar-refractivity contribution in [3.05, 3.63) is 0 Å². The van der Waals surface area contributed by atoms with E-state index in [1.165, 1.54) is 38.5 Å². The monoisotopic (exact) mass is 265 g/mol. The van der Waals surface area contributed by atoms with Crippen molar-refractivity contribution in [3.8, 4) is 0 Å². The number of hydrogen-bond acceptors (Lipinski definition) is 2. The molecule has 3 nitrogen and oxygen atoms in total. The summed E-state index contributed by atoms with van der Waals surface area (Å²) in [6.45, 7) is 2.50. The van der Waals surface area contributed by atoms with Gasteiger partial charge in [-0.25, -0.2) is 0 Å². The second-order valence-electron chi connectivity index (χ2n) is 6.35. The van der Waals surface area contributed by atoms with Crippen molar-refractivity contribution in [1.29, 1.82) is 0 Å². The number of carbonyl (C=O) groups is 2. The quantitative estimate of drug-likeness (QED) is 0.731. The van der Waals surface area contributed by atoms with Crippen molar-refractivity contribution in [2.75, 3.05) is 6.54 Å². The first-order valence-corrected chi connectivity index (χ1v) is 7.95. The smallest absolute Gasteiger partial charge is 0.223 e. The van der Waals surface area contributed by atoms with Crippen molar-refractivity contribution in [2.45, 2.75) is 77.2 Å². The molecular weight excluding hydrogens is 238 g/mol. The van der Waals surface area contributed by atoms with Crippen molar-refractivity contribution >= 4 is 11.7 Å². The maximum absolute atomic E-state index is 12.4. The van der Waals surface area contributed by atoms with Crippen molar-refractivity contribution in [3.63, 3.8) is 0 Å². The van der Waals surface area contributed by atoms with Crippen LogP contribution in [0.2, 0.25) is 0 Å². The van der Waals surface area contributed by atoms with Gasteiger partial charge in [-0.15, -0.1) is 0 Å². The molecule has 0 aromatic rings. The molecule has 1 aliphatic carbocycles. The second kappa shape index (κ2) is 7.06. The zero-order valence-corrected chi connectivity index (χ0v) is 12.2. The van der Waals surface area contributed by atoms with Crippen LogP contribution in [0.25, 0.3) is 0 Å². The molecule has 2 fully saturated rings. The second-order valence-corrected chi connectivity index (χ2v) is 6.35. The largest absolute Gasteiger partial charge is 0.339 e. The lowest BCUT2D eigenvalue weighted by molar-refractivity contribution is -0.133. The van der Waals surface area contributed by atoms with Gasteiger partial charge in [0, 0.05) is 25.4 Å². The average molecular weight is 265 g/mol. The number of likely N-dealkylation sites (tertiary alicyclic amines) is 1. The number of amides is 1. The first kappa shape index (κ1) is 14.5. The van der Waals surface area contributed by atoms with Crippen molar-refractivity contribution < 1.29 is 9.59 Å². The average Bonchev–Trinajstić information content (AvgIpc) is 2.65. The van der Waals surface area contributed by atoms with Gasteiger partial charge < -0.3 is 4.90 Å². The van der Waals surface area contributed by atoms with Gasteiger partial charge in [0.05, 0.1) is 0 Å². The van der Waals surface area contributed by atoms with Crippen LogP contribution in [0.5, 0.6) is 0 Å². The van der Waals surface area contributed by atoms with Gasteiger partial charge in [-0.2, -0.15) is 0 Å². The SMILES string of the molecule is CC(=O)CC1CCCN1C(=O)CC1CCCCCC1. The fourth-order valence-electron chi connectivity index (χ4n) is 3.64. The van der Waals surface area contributed by atoms with E-state index in [2.05, 4.69) is 0 Å². The summed E-state index contributed by atoms with van der Waals surface area (Å²) in [5, 5.41) is 0. The maximum atomic E-state index is 12.4. The van der Waals surface area contributed by atoms with E-state index in [1.807, 2.05) is 4.90 Å². The summed E-state index contributed by atoms with van der Waals surface area (Å²) < 4.78 is 0. The molecule has 1 saturated carbocycles. The Morgan fingerprint density at radius 1 is 0.947 bits per heavy atom. The van der Waals surface area contributed by atoms with E-state index < -0.39 is 0 Å². The highest BCUT2D eigenvalue weighted by Gasteiger charge is 2.30. The molecule has 108 valence electrons. The number of rotatable bonds is 4. The van der Waals surface area contributed by atoms with E-state index in [0.717, 1.165) is 19.4 Å². The minimum atomic E-state index is 0.191. The van der Waals surface area contributed by atoms with Gasteiger partial charge in [-0.3, -0.25) is 9.59 Å². The van der Waals surface area contributed by atoms with Crippen LogP contribution in [0.3, 0.4) is 0 Å². The molecule has 1 unspecified atom stereocenters. The van der Waals surface area contributed by atoms with Gasteiger partial charge in [0.15, 0.2) is 0 Å². The van der Waals surface area contributed by atoms with E-state index in [9.17, 15) is 9.59 Å². The molecule has 2 aliphatic rings. The Labute approximate surface area is 116 Å². The molecule has 3 heteroatoms. The zero-order chi connectivity index (χ0) is 13.7. The molecule has 0 spiro atoms. The zero-order valence-electron chi connectivity index (χ0n) is 12.2. The summed E-state index contributed by atoms with van der Waals surface area (Å²) in [4.78, 5) is 25.7. The molecule has 0 bridgehead atoms. The lowest BCUT2D eigenvalue weighted by atomic mass is 9.95. The first-order valence-electron chi connectivity index (χ1n) is 7.95. The maximum Gasteiger partial charge on any atom is 0.223 e. The third-order valence-electron chi connectivity index (χ3n) is 4.66. The topological polar surface area (TPSA) is 37.4 Å².